The Morgan fingerprint density at radius 3 is 2.54 bits per heavy atom. The largest absolute Gasteiger partial charge is 0.475 e. The molecule has 2 atom stereocenters. The van der Waals surface area contributed by atoms with Crippen LogP contribution < -0.4 is 10.6 Å². The van der Waals surface area contributed by atoms with E-state index in [1.165, 1.54) is 0 Å². The molecule has 3 rings (SSSR count). The topological polar surface area (TPSA) is 99.2 Å². The van der Waals surface area contributed by atoms with Crippen LogP contribution in [0, 0.1) is 5.92 Å². The van der Waals surface area contributed by atoms with E-state index in [0.717, 1.165) is 23.2 Å². The van der Waals surface area contributed by atoms with E-state index < -0.39 is 18.0 Å². The van der Waals surface area contributed by atoms with Crippen molar-refractivity contribution in [3.8, 4) is 11.1 Å². The van der Waals surface area contributed by atoms with Crippen molar-refractivity contribution in [1.82, 2.24) is 0 Å². The van der Waals surface area contributed by atoms with Crippen LogP contribution in [0.3, 0.4) is 0 Å². The van der Waals surface area contributed by atoms with Crippen molar-refractivity contribution >= 4 is 17.5 Å². The molecule has 26 heavy (non-hydrogen) atoms. The predicted octanol–water partition coefficient (Wildman–Crippen LogP) is 2.33. The maximum Gasteiger partial charge on any atom is 0.371 e. The highest BCUT2D eigenvalue weighted by Crippen LogP contribution is 2.36. The maximum atomic E-state index is 11.1. The number of nitrogens with zero attached hydrogens (tertiary/aromatic N) is 2. The molecule has 0 spiro atoms. The number of carbonyl (C=O) groups is 1. The average molecular weight is 353 g/mol. The third kappa shape index (κ3) is 3.86. The number of nitrogens with two attached hydrogens (primary N) is 1. The second kappa shape index (κ2) is 8.01. The highest BCUT2D eigenvalue weighted by atomic mass is 16.4. The minimum absolute atomic E-state index is 0.0627. The lowest BCUT2D eigenvalue weighted by molar-refractivity contribution is -0.129. The first-order valence-corrected chi connectivity index (χ1v) is 8.68. The molecule has 0 radical (unpaired) electrons. The molecule has 1 fully saturated rings. The molecule has 0 amide bonds. The summed E-state index contributed by atoms with van der Waals surface area (Å²) in [6.45, 7) is 0.739. The first-order valence-electron chi connectivity index (χ1n) is 8.68. The molecule has 1 saturated heterocycles. The Hall–Kier alpha value is -2.86. The number of carboxylic acid groups (broad SMARTS) is 1. The summed E-state index contributed by atoms with van der Waals surface area (Å²) in [5.74, 6) is -1.55. The van der Waals surface area contributed by atoms with Gasteiger partial charge in [-0.25, -0.2) is 9.79 Å². The highest BCUT2D eigenvalue weighted by molar-refractivity contribution is 6.33. The summed E-state index contributed by atoms with van der Waals surface area (Å²) in [5.41, 5.74) is 8.72. The van der Waals surface area contributed by atoms with Gasteiger partial charge in [0.2, 0.25) is 5.84 Å². The summed E-state index contributed by atoms with van der Waals surface area (Å²) in [4.78, 5) is 17.5. The number of aliphatic imine (C=N–C) groups is 1. The third-order valence-corrected chi connectivity index (χ3v) is 4.75. The number of hydrogen-bond acceptors (Lipinski definition) is 4. The highest BCUT2D eigenvalue weighted by Gasteiger charge is 2.30. The van der Waals surface area contributed by atoms with E-state index in [9.17, 15) is 9.90 Å². The van der Waals surface area contributed by atoms with Crippen molar-refractivity contribution < 1.29 is 15.0 Å². The van der Waals surface area contributed by atoms with Crippen LogP contribution in [0.15, 0.2) is 59.6 Å². The number of amidine groups is 1. The molecule has 0 saturated carbocycles. The van der Waals surface area contributed by atoms with Gasteiger partial charge < -0.3 is 20.8 Å². The number of benzene rings is 2. The van der Waals surface area contributed by atoms with Gasteiger partial charge in [0.25, 0.3) is 0 Å². The lowest BCUT2D eigenvalue weighted by Crippen LogP contribution is -2.44. The standard InChI is InChI=1S/C20H23N3O3/c21-19(20(25)26)22-18-12-14(13-24)10-11-23(18)17-9-5-4-8-16(17)15-6-2-1-3-7-15/h1-9,14,18,24H,10-13H2,(H2,21,22)(H,25,26). The van der Waals surface area contributed by atoms with E-state index in [0.29, 0.717) is 13.0 Å². The maximum absolute atomic E-state index is 11.1. The van der Waals surface area contributed by atoms with E-state index >= 15 is 0 Å². The molecule has 4 N–H and O–H groups in total. The fourth-order valence-electron chi connectivity index (χ4n) is 3.38. The van der Waals surface area contributed by atoms with Crippen LogP contribution in [-0.2, 0) is 4.79 Å². The van der Waals surface area contributed by atoms with E-state index in [4.69, 9.17) is 10.8 Å². The summed E-state index contributed by atoms with van der Waals surface area (Å²) in [6.07, 6.45) is 0.966. The Labute approximate surface area is 152 Å². The van der Waals surface area contributed by atoms with Gasteiger partial charge in [-0.1, -0.05) is 48.5 Å². The van der Waals surface area contributed by atoms with Gasteiger partial charge in [-0.15, -0.1) is 0 Å². The van der Waals surface area contributed by atoms with Crippen LogP contribution in [0.25, 0.3) is 11.1 Å². The minimum Gasteiger partial charge on any atom is -0.475 e. The fourth-order valence-corrected chi connectivity index (χ4v) is 3.38. The molecule has 1 aliphatic rings. The molecule has 136 valence electrons. The molecule has 2 aromatic rings. The molecule has 0 aromatic heterocycles. The quantitative estimate of drug-likeness (QED) is 0.579. The van der Waals surface area contributed by atoms with Crippen LogP contribution in [-0.4, -0.2) is 41.3 Å². The van der Waals surface area contributed by atoms with E-state index in [1.54, 1.807) is 0 Å². The molecule has 2 unspecified atom stereocenters. The number of rotatable bonds is 4. The Kier molecular flexibility index (Phi) is 5.53. The zero-order valence-electron chi connectivity index (χ0n) is 14.5. The SMILES string of the molecule is N/C(=N\C1CC(CO)CCN1c1ccccc1-c1ccccc1)C(=O)O. The monoisotopic (exact) mass is 353 g/mol. The Bertz CT molecular complexity index is 792. The Morgan fingerprint density at radius 1 is 1.15 bits per heavy atom. The Morgan fingerprint density at radius 2 is 1.85 bits per heavy atom. The third-order valence-electron chi connectivity index (χ3n) is 4.75. The van der Waals surface area contributed by atoms with Crippen LogP contribution in [0.4, 0.5) is 5.69 Å². The number of aliphatic hydroxyl groups excluding tert-OH is 1. The van der Waals surface area contributed by atoms with Crippen LogP contribution >= 0.6 is 0 Å². The summed E-state index contributed by atoms with van der Waals surface area (Å²) in [6, 6.07) is 18.0. The molecular weight excluding hydrogens is 330 g/mol. The van der Waals surface area contributed by atoms with E-state index in [-0.39, 0.29) is 12.5 Å². The summed E-state index contributed by atoms with van der Waals surface area (Å²) >= 11 is 0. The molecular formula is C20H23N3O3. The van der Waals surface area contributed by atoms with Gasteiger partial charge in [-0.3, -0.25) is 0 Å². The smallest absolute Gasteiger partial charge is 0.371 e. The lowest BCUT2D eigenvalue weighted by Gasteiger charge is -2.39. The van der Waals surface area contributed by atoms with Gasteiger partial charge in [0.05, 0.1) is 0 Å². The molecule has 1 aliphatic heterocycles. The van der Waals surface area contributed by atoms with Crippen LogP contribution in [0.5, 0.6) is 0 Å². The number of anilines is 1. The molecule has 6 heteroatoms. The van der Waals surface area contributed by atoms with Crippen molar-refractivity contribution in [2.45, 2.75) is 19.0 Å². The summed E-state index contributed by atoms with van der Waals surface area (Å²) in [7, 11) is 0. The predicted molar refractivity (Wildman–Crippen MR) is 102 cm³/mol. The minimum atomic E-state index is -1.23. The van der Waals surface area contributed by atoms with E-state index in [1.807, 2.05) is 54.6 Å². The molecule has 6 nitrogen and oxygen atoms in total. The van der Waals surface area contributed by atoms with Gasteiger partial charge in [-0.2, -0.15) is 0 Å². The molecule has 1 heterocycles. The lowest BCUT2D eigenvalue weighted by atomic mass is 9.93. The Balaban J connectivity index is 2.01. The average Bonchev–Trinajstić information content (AvgIpc) is 2.68. The van der Waals surface area contributed by atoms with Crippen LogP contribution in [0.2, 0.25) is 0 Å². The molecule has 0 bridgehead atoms. The summed E-state index contributed by atoms with van der Waals surface area (Å²) in [5, 5.41) is 18.6. The first-order chi connectivity index (χ1) is 12.6. The van der Waals surface area contributed by atoms with Gasteiger partial charge in [0.15, 0.2) is 0 Å². The van der Waals surface area contributed by atoms with Gasteiger partial charge in [0, 0.05) is 24.4 Å². The second-order valence-electron chi connectivity index (χ2n) is 6.45. The number of piperidine rings is 1. The number of hydrogen-bond donors (Lipinski definition) is 3. The van der Waals surface area contributed by atoms with Gasteiger partial charge >= 0.3 is 5.97 Å². The van der Waals surface area contributed by atoms with Crippen molar-refractivity contribution in [3.63, 3.8) is 0 Å². The molecule has 2 aromatic carbocycles. The second-order valence-corrected chi connectivity index (χ2v) is 6.45. The van der Waals surface area contributed by atoms with Crippen molar-refractivity contribution in [1.29, 1.82) is 0 Å². The van der Waals surface area contributed by atoms with Gasteiger partial charge in [-0.05, 0) is 30.4 Å². The van der Waals surface area contributed by atoms with Crippen molar-refractivity contribution in [3.05, 3.63) is 54.6 Å². The van der Waals surface area contributed by atoms with Gasteiger partial charge in [0.1, 0.15) is 6.17 Å². The normalized spacial score (nSPS) is 20.8. The first kappa shape index (κ1) is 17.9. The number of para-hydroxylation sites is 1. The number of aliphatic carboxylic acids is 1. The molecule has 0 aliphatic carbocycles. The zero-order valence-corrected chi connectivity index (χ0v) is 14.5. The number of carboxylic acids is 1. The van der Waals surface area contributed by atoms with Crippen LogP contribution in [0.1, 0.15) is 12.8 Å². The van der Waals surface area contributed by atoms with Crippen molar-refractivity contribution in [2.75, 3.05) is 18.1 Å². The van der Waals surface area contributed by atoms with Crippen molar-refractivity contribution in [2.24, 2.45) is 16.6 Å². The summed E-state index contributed by atoms with van der Waals surface area (Å²) < 4.78 is 0. The number of aliphatic hydroxyl groups is 1. The van der Waals surface area contributed by atoms with E-state index in [2.05, 4.69) is 9.89 Å². The zero-order chi connectivity index (χ0) is 18.5. The fraction of sp³-hybridized carbons (Fsp3) is 0.300.